The van der Waals surface area contributed by atoms with Crippen molar-refractivity contribution >= 4 is 39.0 Å². The van der Waals surface area contributed by atoms with Crippen LogP contribution in [-0.2, 0) is 0 Å². The van der Waals surface area contributed by atoms with Gasteiger partial charge in [-0.3, -0.25) is 0 Å². The number of benzene rings is 1. The van der Waals surface area contributed by atoms with Gasteiger partial charge < -0.3 is 4.98 Å². The number of rotatable bonds is 2. The van der Waals surface area contributed by atoms with E-state index < -0.39 is 5.82 Å². The number of pyridine rings is 1. The van der Waals surface area contributed by atoms with Crippen LogP contribution >= 0.6 is 22.9 Å². The van der Waals surface area contributed by atoms with Gasteiger partial charge in [0.1, 0.15) is 11.5 Å². The summed E-state index contributed by atoms with van der Waals surface area (Å²) < 4.78 is 13.8. The highest BCUT2D eigenvalue weighted by Gasteiger charge is 2.14. The minimum atomic E-state index is -0.451. The van der Waals surface area contributed by atoms with E-state index in [-0.39, 0.29) is 5.02 Å². The molecular weight excluding hydrogens is 345 g/mol. The van der Waals surface area contributed by atoms with Crippen LogP contribution in [0, 0.1) is 12.4 Å². The van der Waals surface area contributed by atoms with E-state index in [4.69, 9.17) is 18.2 Å². The van der Waals surface area contributed by atoms with Crippen LogP contribution in [0.2, 0.25) is 5.02 Å². The first-order valence-corrected chi connectivity index (χ1v) is 8.26. The molecule has 0 aliphatic heterocycles. The molecule has 0 radical (unpaired) electrons. The Hall–Kier alpha value is -2.68. The Kier molecular flexibility index (Phi) is 3.57. The van der Waals surface area contributed by atoms with Crippen molar-refractivity contribution in [1.29, 1.82) is 0 Å². The van der Waals surface area contributed by atoms with Gasteiger partial charge in [0.25, 0.3) is 0 Å². The summed E-state index contributed by atoms with van der Waals surface area (Å²) in [6.07, 6.45) is 3.54. The number of aromatic nitrogens is 2. The zero-order valence-electron chi connectivity index (χ0n) is 12.2. The third-order valence-corrected chi connectivity index (χ3v) is 5.17. The number of halogens is 2. The lowest BCUT2D eigenvalue weighted by Gasteiger charge is -2.04. The Balaban J connectivity index is 1.91. The van der Waals surface area contributed by atoms with Gasteiger partial charge in [-0.05, 0) is 18.2 Å². The molecule has 0 aliphatic rings. The molecule has 24 heavy (non-hydrogen) atoms. The molecule has 0 saturated heterocycles. The van der Waals surface area contributed by atoms with Crippen molar-refractivity contribution in [3.05, 3.63) is 71.0 Å². The van der Waals surface area contributed by atoms with Gasteiger partial charge in [-0.1, -0.05) is 29.8 Å². The van der Waals surface area contributed by atoms with E-state index in [0.717, 1.165) is 21.4 Å². The Morgan fingerprint density at radius 2 is 2.08 bits per heavy atom. The third-order valence-electron chi connectivity index (χ3n) is 3.76. The molecule has 3 nitrogen and oxygen atoms in total. The van der Waals surface area contributed by atoms with Crippen LogP contribution in [0.4, 0.5) is 9.39 Å². The molecule has 1 aromatic carbocycles. The average molecular weight is 354 g/mol. The number of H-pyrrole nitrogens is 1. The van der Waals surface area contributed by atoms with Crippen LogP contribution < -0.4 is 0 Å². The summed E-state index contributed by atoms with van der Waals surface area (Å²) in [5, 5.41) is 1.58. The Bertz CT molecular complexity index is 1110. The Morgan fingerprint density at radius 3 is 2.88 bits per heavy atom. The van der Waals surface area contributed by atoms with E-state index in [0.29, 0.717) is 16.2 Å². The first kappa shape index (κ1) is 14.9. The summed E-state index contributed by atoms with van der Waals surface area (Å²) in [6, 6.07) is 10.4. The summed E-state index contributed by atoms with van der Waals surface area (Å²) in [6.45, 7) is 7.08. The van der Waals surface area contributed by atoms with Crippen LogP contribution in [0.3, 0.4) is 0 Å². The molecule has 3 heterocycles. The predicted octanol–water partition coefficient (Wildman–Crippen LogP) is 6.30. The van der Waals surface area contributed by atoms with Gasteiger partial charge in [-0.25, -0.2) is 14.2 Å². The molecule has 0 amide bonds. The van der Waals surface area contributed by atoms with Crippen LogP contribution in [0.15, 0.2) is 48.8 Å². The monoisotopic (exact) mass is 353 g/mol. The summed E-state index contributed by atoms with van der Waals surface area (Å²) in [7, 11) is 0. The SMILES string of the molecule is [C-]#[N+]c1ccc(-c2cnc3[nH]cc(-c4cccc(F)c4Cl)c3c2)s1. The second kappa shape index (κ2) is 5.75. The van der Waals surface area contributed by atoms with Gasteiger partial charge >= 0.3 is 0 Å². The third kappa shape index (κ3) is 2.37. The van der Waals surface area contributed by atoms with Gasteiger partial charge in [0.05, 0.1) is 11.6 Å². The molecule has 1 N–H and O–H groups in total. The highest BCUT2D eigenvalue weighted by atomic mass is 35.5. The predicted molar refractivity (Wildman–Crippen MR) is 96.1 cm³/mol. The molecule has 4 rings (SSSR count). The minimum absolute atomic E-state index is 0.0928. The average Bonchev–Trinajstić information content (AvgIpc) is 3.23. The maximum absolute atomic E-state index is 13.8. The van der Waals surface area contributed by atoms with Crippen molar-refractivity contribution < 1.29 is 4.39 Å². The maximum atomic E-state index is 13.8. The second-order valence-corrected chi connectivity index (χ2v) is 6.61. The Labute approximate surface area is 146 Å². The number of nitrogens with one attached hydrogen (secondary N) is 1. The van der Waals surface area contributed by atoms with E-state index in [1.165, 1.54) is 17.4 Å². The fourth-order valence-electron chi connectivity index (χ4n) is 2.62. The lowest BCUT2D eigenvalue weighted by Crippen LogP contribution is -1.84. The first-order valence-electron chi connectivity index (χ1n) is 7.06. The fraction of sp³-hybridized carbons (Fsp3) is 0. The van der Waals surface area contributed by atoms with Gasteiger partial charge in [0.2, 0.25) is 5.00 Å². The smallest absolute Gasteiger partial charge is 0.241 e. The van der Waals surface area contributed by atoms with E-state index >= 15 is 0 Å². The van der Waals surface area contributed by atoms with E-state index in [2.05, 4.69) is 14.8 Å². The normalized spacial score (nSPS) is 10.9. The molecule has 116 valence electrons. The summed E-state index contributed by atoms with van der Waals surface area (Å²) in [4.78, 5) is 11.9. The van der Waals surface area contributed by atoms with Gasteiger partial charge in [0.15, 0.2) is 0 Å². The molecule has 0 bridgehead atoms. The summed E-state index contributed by atoms with van der Waals surface area (Å²) in [5.74, 6) is -0.451. The van der Waals surface area contributed by atoms with Crippen molar-refractivity contribution in [2.75, 3.05) is 0 Å². The van der Waals surface area contributed by atoms with E-state index in [9.17, 15) is 4.39 Å². The molecular formula is C18H9ClFN3S. The number of fused-ring (bicyclic) bond motifs is 1. The van der Waals surface area contributed by atoms with Gasteiger partial charge in [-0.2, -0.15) is 11.3 Å². The van der Waals surface area contributed by atoms with Crippen LogP contribution in [0.25, 0.3) is 37.4 Å². The largest absolute Gasteiger partial charge is 0.346 e. The fourth-order valence-corrected chi connectivity index (χ4v) is 3.62. The molecule has 6 heteroatoms. The van der Waals surface area contributed by atoms with Crippen LogP contribution in [0.5, 0.6) is 0 Å². The molecule has 0 saturated carbocycles. The van der Waals surface area contributed by atoms with Gasteiger partial charge in [0, 0.05) is 39.3 Å². The Morgan fingerprint density at radius 1 is 1.21 bits per heavy atom. The second-order valence-electron chi connectivity index (χ2n) is 5.17. The molecule has 0 spiro atoms. The van der Waals surface area contributed by atoms with Crippen LogP contribution in [-0.4, -0.2) is 9.97 Å². The standard InChI is InChI=1S/C18H9ClFN3S/c1-21-16-6-5-15(24-16)10-7-12-13(9-23-18(12)22-8-10)11-3-2-4-14(20)17(11)19/h2-9H,(H,22,23). The van der Waals surface area contributed by atoms with Crippen molar-refractivity contribution in [1.82, 2.24) is 9.97 Å². The molecule has 0 atom stereocenters. The number of nitrogens with zero attached hydrogens (tertiary/aromatic N) is 2. The molecule has 0 fully saturated rings. The molecule has 3 aromatic heterocycles. The van der Waals surface area contributed by atoms with Crippen molar-refractivity contribution in [3.8, 4) is 21.6 Å². The summed E-state index contributed by atoms with van der Waals surface area (Å²) >= 11 is 7.54. The zero-order chi connectivity index (χ0) is 16.7. The maximum Gasteiger partial charge on any atom is 0.241 e. The highest BCUT2D eigenvalue weighted by molar-refractivity contribution is 7.19. The first-order chi connectivity index (χ1) is 11.7. The minimum Gasteiger partial charge on any atom is -0.346 e. The number of hydrogen-bond acceptors (Lipinski definition) is 2. The topological polar surface area (TPSA) is 33.0 Å². The molecule has 0 aliphatic carbocycles. The van der Waals surface area contributed by atoms with Gasteiger partial charge in [-0.15, -0.1) is 0 Å². The van der Waals surface area contributed by atoms with Crippen molar-refractivity contribution in [2.45, 2.75) is 0 Å². The van der Waals surface area contributed by atoms with E-state index in [1.54, 1.807) is 30.6 Å². The lowest BCUT2D eigenvalue weighted by atomic mass is 10.0. The van der Waals surface area contributed by atoms with Crippen LogP contribution in [0.1, 0.15) is 0 Å². The van der Waals surface area contributed by atoms with Crippen molar-refractivity contribution in [2.24, 2.45) is 0 Å². The highest BCUT2D eigenvalue weighted by Crippen LogP contribution is 2.38. The van der Waals surface area contributed by atoms with E-state index in [1.807, 2.05) is 12.1 Å². The quantitative estimate of drug-likeness (QED) is 0.421. The zero-order valence-corrected chi connectivity index (χ0v) is 13.7. The number of hydrogen-bond donors (Lipinski definition) is 1. The molecule has 0 unspecified atom stereocenters. The van der Waals surface area contributed by atoms with Crippen molar-refractivity contribution in [3.63, 3.8) is 0 Å². The lowest BCUT2D eigenvalue weighted by molar-refractivity contribution is 0.629. The number of thiophene rings is 1. The summed E-state index contributed by atoms with van der Waals surface area (Å²) in [5.41, 5.74) is 3.03. The number of aromatic amines is 1. The molecule has 4 aromatic rings.